The third-order valence-electron chi connectivity index (χ3n) is 2.69. The highest BCUT2D eigenvalue weighted by atomic mass is 32.2. The van der Waals surface area contributed by atoms with Gasteiger partial charge in [0.05, 0.1) is 10.6 Å². The van der Waals surface area contributed by atoms with Gasteiger partial charge < -0.3 is 15.5 Å². The molecule has 1 rings (SSSR count). The van der Waals surface area contributed by atoms with Gasteiger partial charge in [-0.05, 0) is 21.0 Å². The van der Waals surface area contributed by atoms with Gasteiger partial charge >= 0.3 is 0 Å². The molecule has 0 atom stereocenters. The highest BCUT2D eigenvalue weighted by molar-refractivity contribution is 7.98. The molecule has 2 N–H and O–H groups in total. The van der Waals surface area contributed by atoms with Crippen LogP contribution in [0.2, 0.25) is 0 Å². The van der Waals surface area contributed by atoms with Crippen molar-refractivity contribution in [1.29, 1.82) is 0 Å². The summed E-state index contributed by atoms with van der Waals surface area (Å²) in [4.78, 5) is 18.0. The maximum absolute atomic E-state index is 10.4. The SMILES string of the molecule is CNC(=C[N+](=O)[O-])NCCSCc1nc(CN(C)C)sc1C. The molecule has 0 aliphatic heterocycles. The quantitative estimate of drug-likeness (QED) is 0.379. The fourth-order valence-corrected chi connectivity index (χ4v) is 3.71. The molecule has 0 saturated carbocycles. The Labute approximate surface area is 139 Å². The highest BCUT2D eigenvalue weighted by Gasteiger charge is 2.08. The lowest BCUT2D eigenvalue weighted by molar-refractivity contribution is -0.404. The van der Waals surface area contributed by atoms with Crippen molar-refractivity contribution in [2.45, 2.75) is 19.2 Å². The third-order valence-corrected chi connectivity index (χ3v) is 4.66. The van der Waals surface area contributed by atoms with Crippen LogP contribution in [0.5, 0.6) is 0 Å². The molecule has 0 spiro atoms. The Morgan fingerprint density at radius 2 is 2.27 bits per heavy atom. The summed E-state index contributed by atoms with van der Waals surface area (Å²) < 4.78 is 0. The van der Waals surface area contributed by atoms with E-state index in [-0.39, 0.29) is 0 Å². The molecular formula is C13H23N5O2S2. The first-order chi connectivity index (χ1) is 10.4. The van der Waals surface area contributed by atoms with Crippen LogP contribution in [-0.2, 0) is 12.3 Å². The summed E-state index contributed by atoms with van der Waals surface area (Å²) in [7, 11) is 5.73. The molecule has 0 amide bonds. The molecule has 1 aromatic rings. The lowest BCUT2D eigenvalue weighted by atomic mass is 10.4. The summed E-state index contributed by atoms with van der Waals surface area (Å²) in [6.07, 6.45) is 0.933. The number of thioether (sulfide) groups is 1. The number of rotatable bonds is 10. The van der Waals surface area contributed by atoms with Gasteiger partial charge in [-0.3, -0.25) is 10.1 Å². The molecule has 0 saturated heterocycles. The maximum Gasteiger partial charge on any atom is 0.274 e. The first-order valence-corrected chi connectivity index (χ1v) is 8.84. The van der Waals surface area contributed by atoms with Crippen LogP contribution in [0.1, 0.15) is 15.6 Å². The van der Waals surface area contributed by atoms with E-state index < -0.39 is 4.92 Å². The maximum atomic E-state index is 10.4. The molecule has 1 heterocycles. The van der Waals surface area contributed by atoms with E-state index in [4.69, 9.17) is 0 Å². The molecule has 0 aliphatic carbocycles. The molecule has 0 bridgehead atoms. The van der Waals surface area contributed by atoms with Crippen molar-refractivity contribution in [3.63, 3.8) is 0 Å². The van der Waals surface area contributed by atoms with E-state index in [1.165, 1.54) is 4.88 Å². The van der Waals surface area contributed by atoms with E-state index in [9.17, 15) is 10.1 Å². The summed E-state index contributed by atoms with van der Waals surface area (Å²) in [6.45, 7) is 3.64. The Hall–Kier alpha value is -1.32. The minimum absolute atomic E-state index is 0.420. The fraction of sp³-hybridized carbons (Fsp3) is 0.615. The first-order valence-electron chi connectivity index (χ1n) is 6.87. The number of hydrogen-bond donors (Lipinski definition) is 2. The second-order valence-corrected chi connectivity index (χ2v) is 7.30. The lowest BCUT2D eigenvalue weighted by Gasteiger charge is -2.07. The summed E-state index contributed by atoms with van der Waals surface area (Å²) in [6, 6.07) is 0. The number of thiazole rings is 1. The van der Waals surface area contributed by atoms with Crippen molar-refractivity contribution >= 4 is 23.1 Å². The van der Waals surface area contributed by atoms with Gasteiger partial charge in [0.15, 0.2) is 5.82 Å². The minimum Gasteiger partial charge on any atom is -0.370 e. The van der Waals surface area contributed by atoms with Crippen molar-refractivity contribution in [3.05, 3.63) is 37.7 Å². The largest absolute Gasteiger partial charge is 0.370 e. The molecule has 0 radical (unpaired) electrons. The summed E-state index contributed by atoms with van der Waals surface area (Å²) >= 11 is 3.51. The Balaban J connectivity index is 2.33. The zero-order valence-electron chi connectivity index (χ0n) is 13.4. The Morgan fingerprint density at radius 3 is 2.86 bits per heavy atom. The second kappa shape index (κ2) is 9.65. The number of aryl methyl sites for hydroxylation is 1. The van der Waals surface area contributed by atoms with E-state index in [0.29, 0.717) is 12.4 Å². The second-order valence-electron chi connectivity index (χ2n) is 4.91. The van der Waals surface area contributed by atoms with Crippen LogP contribution in [0, 0.1) is 17.0 Å². The van der Waals surface area contributed by atoms with Crippen molar-refractivity contribution in [2.75, 3.05) is 33.4 Å². The van der Waals surface area contributed by atoms with Gasteiger partial charge in [0, 0.05) is 36.5 Å². The molecule has 22 heavy (non-hydrogen) atoms. The summed E-state index contributed by atoms with van der Waals surface area (Å²) in [5, 5.41) is 17.3. The number of nitro groups is 1. The molecule has 1 aromatic heterocycles. The predicted octanol–water partition coefficient (Wildman–Crippen LogP) is 1.63. The van der Waals surface area contributed by atoms with E-state index in [1.54, 1.807) is 30.1 Å². The van der Waals surface area contributed by atoms with Gasteiger partial charge in [0.2, 0.25) is 0 Å². The lowest BCUT2D eigenvalue weighted by Crippen LogP contribution is -2.26. The normalized spacial score (nSPS) is 11.8. The molecule has 7 nitrogen and oxygen atoms in total. The number of hydrogen-bond acceptors (Lipinski definition) is 8. The highest BCUT2D eigenvalue weighted by Crippen LogP contribution is 2.22. The summed E-state index contributed by atoms with van der Waals surface area (Å²) in [5.74, 6) is 2.14. The van der Waals surface area contributed by atoms with Gasteiger partial charge in [-0.2, -0.15) is 11.8 Å². The van der Waals surface area contributed by atoms with Gasteiger partial charge in [-0.1, -0.05) is 0 Å². The zero-order chi connectivity index (χ0) is 16.5. The van der Waals surface area contributed by atoms with Gasteiger partial charge in [0.1, 0.15) is 5.01 Å². The van der Waals surface area contributed by atoms with Gasteiger partial charge in [-0.15, -0.1) is 11.3 Å². The van der Waals surface area contributed by atoms with Crippen LogP contribution < -0.4 is 10.6 Å². The standard InChI is InChI=1S/C13H23N5O2S2/c1-10-11(16-13(22-10)8-17(3)4)9-21-6-5-15-12(14-2)7-18(19)20/h7,14-15H,5-6,8-9H2,1-4H3. The number of nitrogens with one attached hydrogen (secondary N) is 2. The summed E-state index contributed by atoms with van der Waals surface area (Å²) in [5.41, 5.74) is 1.14. The molecule has 0 fully saturated rings. The smallest absolute Gasteiger partial charge is 0.274 e. The van der Waals surface area contributed by atoms with Gasteiger partial charge in [0.25, 0.3) is 6.20 Å². The molecule has 0 aliphatic rings. The van der Waals surface area contributed by atoms with E-state index in [1.807, 2.05) is 14.1 Å². The van der Waals surface area contributed by atoms with Crippen LogP contribution in [0.3, 0.4) is 0 Å². The Kier molecular flexibility index (Phi) is 8.21. The molecule has 9 heteroatoms. The van der Waals surface area contributed by atoms with Crippen molar-refractivity contribution in [3.8, 4) is 0 Å². The molecule has 0 aromatic carbocycles. The van der Waals surface area contributed by atoms with Crippen LogP contribution in [0.25, 0.3) is 0 Å². The zero-order valence-corrected chi connectivity index (χ0v) is 15.0. The fourth-order valence-electron chi connectivity index (χ4n) is 1.69. The van der Waals surface area contributed by atoms with Crippen molar-refractivity contribution in [1.82, 2.24) is 20.5 Å². The first kappa shape index (κ1) is 18.7. The van der Waals surface area contributed by atoms with Gasteiger partial charge in [-0.25, -0.2) is 4.98 Å². The molecule has 124 valence electrons. The van der Waals surface area contributed by atoms with Crippen LogP contribution in [0.15, 0.2) is 12.0 Å². The average Bonchev–Trinajstić information content (AvgIpc) is 2.75. The number of nitrogens with zero attached hydrogens (tertiary/aromatic N) is 3. The van der Waals surface area contributed by atoms with Crippen LogP contribution in [-0.4, -0.2) is 48.2 Å². The van der Waals surface area contributed by atoms with Crippen molar-refractivity contribution in [2.24, 2.45) is 0 Å². The predicted molar refractivity (Wildman–Crippen MR) is 92.5 cm³/mol. The monoisotopic (exact) mass is 345 g/mol. The Morgan fingerprint density at radius 1 is 1.55 bits per heavy atom. The molecular weight excluding hydrogens is 322 g/mol. The Bertz CT molecular complexity index is 517. The average molecular weight is 345 g/mol. The van der Waals surface area contributed by atoms with Crippen LogP contribution in [0.4, 0.5) is 0 Å². The van der Waals surface area contributed by atoms with Crippen LogP contribution >= 0.6 is 23.1 Å². The molecule has 0 unspecified atom stereocenters. The van der Waals surface area contributed by atoms with E-state index in [0.717, 1.165) is 35.0 Å². The number of aromatic nitrogens is 1. The van der Waals surface area contributed by atoms with Crippen molar-refractivity contribution < 1.29 is 4.92 Å². The third kappa shape index (κ3) is 7.10. The topological polar surface area (TPSA) is 83.3 Å². The minimum atomic E-state index is -0.475. The van der Waals surface area contributed by atoms with E-state index >= 15 is 0 Å². The van der Waals surface area contributed by atoms with E-state index in [2.05, 4.69) is 27.4 Å².